The van der Waals surface area contributed by atoms with Gasteiger partial charge in [0.15, 0.2) is 0 Å². The molecule has 0 aromatic carbocycles. The van der Waals surface area contributed by atoms with Crippen LogP contribution in [0.3, 0.4) is 0 Å². The van der Waals surface area contributed by atoms with E-state index in [0.717, 1.165) is 19.3 Å². The third-order valence-electron chi connectivity index (χ3n) is 4.55. The fourth-order valence-electron chi connectivity index (χ4n) is 3.37. The molecule has 0 N–H and O–H groups in total. The van der Waals surface area contributed by atoms with Gasteiger partial charge in [-0.2, -0.15) is 0 Å². The predicted molar refractivity (Wildman–Crippen MR) is 102 cm³/mol. The number of rotatable bonds is 7. The first-order chi connectivity index (χ1) is 10.3. The van der Waals surface area contributed by atoms with Crippen LogP contribution in [-0.4, -0.2) is 14.1 Å². The molecule has 0 amide bonds. The fourth-order valence-corrected chi connectivity index (χ4v) is 24.6. The smallest absolute Gasteiger partial charge is 1.00 e. The molecule has 8 heteroatoms. The molecular formula is C16H23Cl5Si2Zr. The summed E-state index contributed by atoms with van der Waals surface area (Å²) < 4.78 is 3.42. The van der Waals surface area contributed by atoms with E-state index < -0.39 is 37.3 Å². The molecule has 0 spiro atoms. The Hall–Kier alpha value is 1.73. The molecule has 2 aliphatic carbocycles. The Kier molecular flexibility index (Phi) is 11.7. The standard InChI is InChI=1S/C11H18Cl3Si2.C5H5.2ClH.Zr/c1-4-7-11(16(12,13)14)15(2,3)10-8-5-6-9-10;1-2-4-5-3-1;;;/h5,8,11H,4,6-7H2,1-3H3;1-3H,4H2;2*1H;/q;;;;+2/p-2. The molecule has 0 bridgehead atoms. The van der Waals surface area contributed by atoms with Gasteiger partial charge in [0.1, 0.15) is 0 Å². The van der Waals surface area contributed by atoms with Crippen molar-refractivity contribution >= 4 is 47.3 Å². The summed E-state index contributed by atoms with van der Waals surface area (Å²) in [5, 5.41) is 1.93. The van der Waals surface area contributed by atoms with Crippen LogP contribution in [-0.2, 0) is 23.2 Å². The van der Waals surface area contributed by atoms with Crippen LogP contribution >= 0.6 is 33.2 Å². The van der Waals surface area contributed by atoms with E-state index in [1.54, 1.807) is 11.8 Å². The number of hydrogen-bond donors (Lipinski definition) is 0. The molecule has 2 aliphatic rings. The monoisotopic (exact) mass is 536 g/mol. The van der Waals surface area contributed by atoms with Crippen molar-refractivity contribution in [1.82, 2.24) is 0 Å². The zero-order valence-electron chi connectivity index (χ0n) is 14.2. The maximum atomic E-state index is 6.51. The second-order valence-electron chi connectivity index (χ2n) is 6.55. The summed E-state index contributed by atoms with van der Waals surface area (Å²) in [6, 6.07) is -2.68. The van der Waals surface area contributed by atoms with E-state index in [9.17, 15) is 0 Å². The summed E-state index contributed by atoms with van der Waals surface area (Å²) in [6.07, 6.45) is 16.0. The first-order valence-electron chi connectivity index (χ1n) is 7.86. The molecule has 0 aromatic rings. The van der Waals surface area contributed by atoms with Crippen molar-refractivity contribution in [3.63, 3.8) is 0 Å². The molecule has 0 aromatic heterocycles. The average Bonchev–Trinajstić information content (AvgIpc) is 3.06. The Morgan fingerprint density at radius 3 is 2.29 bits per heavy atom. The molecule has 0 heterocycles. The van der Waals surface area contributed by atoms with Gasteiger partial charge in [0.25, 0.3) is 0 Å². The summed E-state index contributed by atoms with van der Waals surface area (Å²) in [5.41, 5.74) is 0. The minimum absolute atomic E-state index is 0. The number of halogens is 5. The fraction of sp³-hybridized carbons (Fsp3) is 0.500. The molecule has 0 nitrogen and oxygen atoms in total. The van der Waals surface area contributed by atoms with Crippen LogP contribution < -0.4 is 24.8 Å². The molecule has 0 saturated heterocycles. The molecule has 0 radical (unpaired) electrons. The van der Waals surface area contributed by atoms with Crippen molar-refractivity contribution in [2.45, 2.75) is 50.9 Å². The van der Waals surface area contributed by atoms with Gasteiger partial charge in [-0.05, 0) is 0 Å². The van der Waals surface area contributed by atoms with Crippen molar-refractivity contribution in [1.29, 1.82) is 0 Å². The molecule has 0 aliphatic heterocycles. The molecule has 0 fully saturated rings. The summed E-state index contributed by atoms with van der Waals surface area (Å²) >= 11 is 18.9. The van der Waals surface area contributed by atoms with E-state index in [0.29, 0.717) is 5.16 Å². The molecule has 2 rings (SSSR count). The normalized spacial score (nSPS) is 18.0. The zero-order chi connectivity index (χ0) is 16.4. The molecule has 24 heavy (non-hydrogen) atoms. The van der Waals surface area contributed by atoms with Crippen molar-refractivity contribution < 1.29 is 48.0 Å². The maximum absolute atomic E-state index is 6.51. The Morgan fingerprint density at radius 2 is 1.79 bits per heavy atom. The van der Waals surface area contributed by atoms with E-state index in [2.05, 4.69) is 50.4 Å². The largest absolute Gasteiger partial charge is 1.00 e. The van der Waals surface area contributed by atoms with E-state index >= 15 is 0 Å². The van der Waals surface area contributed by atoms with Gasteiger partial charge < -0.3 is 24.8 Å². The Morgan fingerprint density at radius 1 is 1.12 bits per heavy atom. The van der Waals surface area contributed by atoms with Crippen molar-refractivity contribution in [2.75, 3.05) is 0 Å². The van der Waals surface area contributed by atoms with Crippen LogP contribution in [0.2, 0.25) is 18.3 Å². The SMILES string of the molecule is CCCC([Si](Cl)(Cl)Cl)[Si](C)(C)C1=[C]([Zr+2][C]2=CC=CC2)CC=C1.[Cl-].[Cl-]. The minimum atomic E-state index is -2.68. The van der Waals surface area contributed by atoms with Gasteiger partial charge in [-0.1, -0.05) is 0 Å². The zero-order valence-corrected chi connectivity index (χ0v) is 22.4. The van der Waals surface area contributed by atoms with Gasteiger partial charge in [-0.15, -0.1) is 0 Å². The molecule has 1 atom stereocenters. The summed E-state index contributed by atoms with van der Waals surface area (Å²) in [6.45, 7) is 7.05. The van der Waals surface area contributed by atoms with Gasteiger partial charge in [0.05, 0.1) is 0 Å². The minimum Gasteiger partial charge on any atom is -1.00 e. The van der Waals surface area contributed by atoms with Crippen LogP contribution in [0, 0.1) is 0 Å². The summed E-state index contributed by atoms with van der Waals surface area (Å²) in [4.78, 5) is 0. The van der Waals surface area contributed by atoms with Gasteiger partial charge in [-0.25, -0.2) is 0 Å². The van der Waals surface area contributed by atoms with Crippen LogP contribution in [0.5, 0.6) is 0 Å². The van der Waals surface area contributed by atoms with Gasteiger partial charge in [-0.3, -0.25) is 0 Å². The third kappa shape index (κ3) is 6.41. The van der Waals surface area contributed by atoms with Gasteiger partial charge in [0.2, 0.25) is 0 Å². The molecule has 134 valence electrons. The van der Waals surface area contributed by atoms with E-state index in [4.69, 9.17) is 33.2 Å². The van der Waals surface area contributed by atoms with E-state index in [-0.39, 0.29) is 24.8 Å². The van der Waals surface area contributed by atoms with E-state index in [1.807, 2.05) is 0 Å². The Balaban J connectivity index is 0.00000264. The quantitative estimate of drug-likeness (QED) is 0.331. The molecular weight excluding hydrogens is 517 g/mol. The van der Waals surface area contributed by atoms with Crippen molar-refractivity contribution in [2.24, 2.45) is 0 Å². The van der Waals surface area contributed by atoms with Crippen molar-refractivity contribution in [3.05, 3.63) is 42.1 Å². The number of allylic oxidation sites excluding steroid dienone is 8. The number of hydrogen-bond acceptors (Lipinski definition) is 0. The van der Waals surface area contributed by atoms with Gasteiger partial charge in [0, 0.05) is 0 Å². The van der Waals surface area contributed by atoms with E-state index in [1.165, 1.54) is 6.42 Å². The molecule has 1 unspecified atom stereocenters. The van der Waals surface area contributed by atoms with Crippen LogP contribution in [0.25, 0.3) is 0 Å². The summed E-state index contributed by atoms with van der Waals surface area (Å²) in [5.74, 6) is 0. The van der Waals surface area contributed by atoms with Gasteiger partial charge >= 0.3 is 164 Å². The van der Waals surface area contributed by atoms with Crippen LogP contribution in [0.1, 0.15) is 32.6 Å². The maximum Gasteiger partial charge on any atom is -1.00 e. The topological polar surface area (TPSA) is 0 Å². The summed E-state index contributed by atoms with van der Waals surface area (Å²) in [7, 11) is -1.74. The first-order valence-corrected chi connectivity index (χ1v) is 18.5. The average molecular weight is 540 g/mol. The van der Waals surface area contributed by atoms with Crippen LogP contribution in [0.15, 0.2) is 42.1 Å². The molecule has 0 saturated carbocycles. The Bertz CT molecular complexity index is 547. The first kappa shape index (κ1) is 25.7. The predicted octanol–water partition coefficient (Wildman–Crippen LogP) is 0.747. The van der Waals surface area contributed by atoms with Crippen molar-refractivity contribution in [3.8, 4) is 0 Å². The second-order valence-corrected chi connectivity index (χ2v) is 24.4. The second kappa shape index (κ2) is 10.9. The Labute approximate surface area is 186 Å². The third-order valence-corrected chi connectivity index (χ3v) is 21.2. The van der Waals surface area contributed by atoms with Crippen LogP contribution in [0.4, 0.5) is 0 Å².